The van der Waals surface area contributed by atoms with E-state index < -0.39 is 22.0 Å². The van der Waals surface area contributed by atoms with Gasteiger partial charge in [-0.25, -0.2) is 8.42 Å². The summed E-state index contributed by atoms with van der Waals surface area (Å²) in [5.41, 5.74) is 0. The third-order valence-electron chi connectivity index (χ3n) is 3.37. The number of hydrogen-bond donors (Lipinski definition) is 2. The largest absolute Gasteiger partial charge is 0.467 e. The molecule has 1 heterocycles. The smallest absolute Gasteiger partial charge is 0.242 e. The maximum atomic E-state index is 12.5. The first-order valence-electron chi connectivity index (χ1n) is 7.38. The van der Waals surface area contributed by atoms with Crippen LogP contribution in [0.4, 0.5) is 0 Å². The van der Waals surface area contributed by atoms with Crippen molar-refractivity contribution in [2.75, 3.05) is 0 Å². The number of benzene rings is 1. The Bertz CT molecular complexity index is 788. The fourth-order valence-electron chi connectivity index (χ4n) is 2.08. The van der Waals surface area contributed by atoms with Crippen molar-refractivity contribution in [1.82, 2.24) is 10.0 Å². The van der Waals surface area contributed by atoms with Gasteiger partial charge in [0.05, 0.1) is 17.8 Å². The second-order valence-electron chi connectivity index (χ2n) is 5.57. The molecule has 0 spiro atoms. The highest BCUT2D eigenvalue weighted by atomic mass is 35.5. The average Bonchev–Trinajstić information content (AvgIpc) is 3.04. The predicted molar refractivity (Wildman–Crippen MR) is 91.0 cm³/mol. The summed E-state index contributed by atoms with van der Waals surface area (Å²) < 4.78 is 32.6. The second kappa shape index (κ2) is 7.83. The van der Waals surface area contributed by atoms with Gasteiger partial charge >= 0.3 is 0 Å². The summed E-state index contributed by atoms with van der Waals surface area (Å²) in [7, 11) is -3.92. The lowest BCUT2D eigenvalue weighted by molar-refractivity contribution is -0.123. The second-order valence-corrected chi connectivity index (χ2v) is 7.66. The molecule has 130 valence electrons. The van der Waals surface area contributed by atoms with E-state index in [2.05, 4.69) is 10.0 Å². The lowest BCUT2D eigenvalue weighted by Gasteiger charge is -2.21. The van der Waals surface area contributed by atoms with Gasteiger partial charge in [-0.15, -0.1) is 0 Å². The number of furan rings is 1. The van der Waals surface area contributed by atoms with E-state index >= 15 is 0 Å². The van der Waals surface area contributed by atoms with E-state index in [0.29, 0.717) is 5.76 Å². The molecule has 2 aromatic rings. The van der Waals surface area contributed by atoms with Crippen LogP contribution in [0.15, 0.2) is 52.0 Å². The molecule has 0 aliphatic carbocycles. The Kier molecular flexibility index (Phi) is 6.04. The Morgan fingerprint density at radius 3 is 2.50 bits per heavy atom. The van der Waals surface area contributed by atoms with E-state index in [1.54, 1.807) is 38.1 Å². The summed E-state index contributed by atoms with van der Waals surface area (Å²) in [5, 5.41) is 2.76. The highest BCUT2D eigenvalue weighted by molar-refractivity contribution is 7.89. The monoisotopic (exact) mass is 370 g/mol. The lowest BCUT2D eigenvalue weighted by atomic mass is 10.1. The number of hydrogen-bond acceptors (Lipinski definition) is 4. The van der Waals surface area contributed by atoms with Gasteiger partial charge < -0.3 is 9.73 Å². The molecule has 8 heteroatoms. The van der Waals surface area contributed by atoms with E-state index in [-0.39, 0.29) is 22.4 Å². The van der Waals surface area contributed by atoms with Crippen molar-refractivity contribution in [2.45, 2.75) is 31.3 Å². The molecule has 2 N–H and O–H groups in total. The highest BCUT2D eigenvalue weighted by Crippen LogP contribution is 2.21. The molecule has 1 aromatic heterocycles. The summed E-state index contributed by atoms with van der Waals surface area (Å²) in [6.07, 6.45) is 1.50. The van der Waals surface area contributed by atoms with Crippen molar-refractivity contribution < 1.29 is 17.6 Å². The zero-order chi connectivity index (χ0) is 17.7. The molecule has 1 atom stereocenters. The molecule has 1 aromatic carbocycles. The Morgan fingerprint density at radius 1 is 1.21 bits per heavy atom. The van der Waals surface area contributed by atoms with Crippen LogP contribution in [0.25, 0.3) is 0 Å². The minimum atomic E-state index is -3.92. The number of carbonyl (C=O) groups excluding carboxylic acids is 1. The van der Waals surface area contributed by atoms with Crippen molar-refractivity contribution in [2.24, 2.45) is 5.92 Å². The van der Waals surface area contributed by atoms with Crippen molar-refractivity contribution >= 4 is 27.5 Å². The summed E-state index contributed by atoms with van der Waals surface area (Å²) in [6.45, 7) is 3.70. The van der Waals surface area contributed by atoms with Crippen molar-refractivity contribution in [3.8, 4) is 0 Å². The lowest BCUT2D eigenvalue weighted by Crippen LogP contribution is -2.49. The van der Waals surface area contributed by atoms with Crippen LogP contribution in [-0.2, 0) is 21.4 Å². The Balaban J connectivity index is 2.13. The van der Waals surface area contributed by atoms with E-state index in [1.165, 1.54) is 18.4 Å². The minimum absolute atomic E-state index is 0.0591. The fraction of sp³-hybridized carbons (Fsp3) is 0.312. The molecule has 0 saturated carbocycles. The molecule has 24 heavy (non-hydrogen) atoms. The van der Waals surface area contributed by atoms with Gasteiger partial charge in [-0.2, -0.15) is 4.72 Å². The van der Waals surface area contributed by atoms with Crippen LogP contribution < -0.4 is 10.0 Å². The third kappa shape index (κ3) is 4.59. The molecule has 2 rings (SSSR count). The van der Waals surface area contributed by atoms with Crippen LogP contribution in [0.5, 0.6) is 0 Å². The summed E-state index contributed by atoms with van der Waals surface area (Å²) in [5.74, 6) is -0.101. The quantitative estimate of drug-likeness (QED) is 0.783. The summed E-state index contributed by atoms with van der Waals surface area (Å²) in [4.78, 5) is 12.3. The number of amides is 1. The summed E-state index contributed by atoms with van der Waals surface area (Å²) >= 11 is 5.95. The van der Waals surface area contributed by atoms with E-state index in [0.717, 1.165) is 0 Å². The van der Waals surface area contributed by atoms with Crippen molar-refractivity contribution in [1.29, 1.82) is 0 Å². The Hall–Kier alpha value is -1.83. The third-order valence-corrected chi connectivity index (χ3v) is 5.32. The maximum absolute atomic E-state index is 12.5. The Labute approximate surface area is 146 Å². The first-order valence-corrected chi connectivity index (χ1v) is 9.24. The maximum Gasteiger partial charge on any atom is 0.242 e. The molecular formula is C16H19ClN2O4S. The van der Waals surface area contributed by atoms with E-state index in [1.807, 2.05) is 0 Å². The van der Waals surface area contributed by atoms with Crippen LogP contribution in [0.1, 0.15) is 19.6 Å². The minimum Gasteiger partial charge on any atom is -0.467 e. The molecule has 0 saturated heterocycles. The zero-order valence-corrected chi connectivity index (χ0v) is 14.9. The molecule has 0 fully saturated rings. The van der Waals surface area contributed by atoms with Crippen LogP contribution in [0.3, 0.4) is 0 Å². The molecule has 0 aliphatic rings. The number of rotatable bonds is 7. The normalized spacial score (nSPS) is 13.0. The zero-order valence-electron chi connectivity index (χ0n) is 13.3. The molecule has 1 amide bonds. The standard InChI is InChI=1S/C16H19ClN2O4S/c1-11(2)15(16(20)18-10-12-6-5-9-23-12)19-24(21,22)14-8-4-3-7-13(14)17/h3-9,11,15,19H,10H2,1-2H3,(H,18,20)/t15-/m1/s1. The molecule has 6 nitrogen and oxygen atoms in total. The van der Waals surface area contributed by atoms with Crippen LogP contribution in [-0.4, -0.2) is 20.4 Å². The topological polar surface area (TPSA) is 88.4 Å². The first kappa shape index (κ1) is 18.5. The van der Waals surface area contributed by atoms with E-state index in [4.69, 9.17) is 16.0 Å². The van der Waals surface area contributed by atoms with Crippen LogP contribution >= 0.6 is 11.6 Å². The fourth-order valence-corrected chi connectivity index (χ4v) is 3.95. The van der Waals surface area contributed by atoms with Crippen molar-refractivity contribution in [3.05, 3.63) is 53.4 Å². The highest BCUT2D eigenvalue weighted by Gasteiger charge is 2.29. The van der Waals surface area contributed by atoms with Crippen LogP contribution in [0, 0.1) is 5.92 Å². The Morgan fingerprint density at radius 2 is 1.92 bits per heavy atom. The number of sulfonamides is 1. The van der Waals surface area contributed by atoms with E-state index in [9.17, 15) is 13.2 Å². The number of nitrogens with one attached hydrogen (secondary N) is 2. The number of halogens is 1. The van der Waals surface area contributed by atoms with Gasteiger partial charge in [0.2, 0.25) is 15.9 Å². The SMILES string of the molecule is CC(C)[C@@H](NS(=O)(=O)c1ccccc1Cl)C(=O)NCc1ccco1. The van der Waals surface area contributed by atoms with Crippen molar-refractivity contribution in [3.63, 3.8) is 0 Å². The van der Waals surface area contributed by atoms with Crippen LogP contribution in [0.2, 0.25) is 5.02 Å². The average molecular weight is 371 g/mol. The van der Waals surface area contributed by atoms with Gasteiger partial charge in [0, 0.05) is 0 Å². The summed E-state index contributed by atoms with van der Waals surface area (Å²) in [6, 6.07) is 8.58. The van der Waals surface area contributed by atoms with Gasteiger partial charge in [0.1, 0.15) is 16.7 Å². The first-order chi connectivity index (χ1) is 11.3. The number of carbonyl (C=O) groups is 1. The van der Waals surface area contributed by atoms with Gasteiger partial charge in [-0.3, -0.25) is 4.79 Å². The van der Waals surface area contributed by atoms with Gasteiger partial charge in [-0.05, 0) is 30.2 Å². The predicted octanol–water partition coefficient (Wildman–Crippen LogP) is 2.55. The molecule has 0 unspecified atom stereocenters. The molecule has 0 bridgehead atoms. The van der Waals surface area contributed by atoms with Gasteiger partial charge in [-0.1, -0.05) is 37.6 Å². The molecular weight excluding hydrogens is 352 g/mol. The van der Waals surface area contributed by atoms with Gasteiger partial charge in [0.15, 0.2) is 0 Å². The van der Waals surface area contributed by atoms with Gasteiger partial charge in [0.25, 0.3) is 0 Å². The molecule has 0 aliphatic heterocycles. The molecule has 0 radical (unpaired) electrons.